The fraction of sp³-hybridized carbons (Fsp3) is 0.0952. The van der Waals surface area contributed by atoms with Gasteiger partial charge in [-0.05, 0) is 42.0 Å². The van der Waals surface area contributed by atoms with Crippen LogP contribution in [0.25, 0.3) is 0 Å². The lowest BCUT2D eigenvalue weighted by Gasteiger charge is -2.13. The molecule has 0 aliphatic carbocycles. The Morgan fingerprint density at radius 2 is 1.58 bits per heavy atom. The highest BCUT2D eigenvalue weighted by atomic mass is 35.5. The first-order valence-electron chi connectivity index (χ1n) is 8.26. The zero-order chi connectivity index (χ0) is 18.2. The molecule has 0 aromatic heterocycles. The standard InChI is InChI=1S/C21H19ClN2O2/c22-17-10-12-18(13-11-17)23-14-21(25)24-19-8-4-5-9-20(19)26-15-16-6-2-1-3-7-16/h1-13,23H,14-15H2,(H,24,25). The summed E-state index contributed by atoms with van der Waals surface area (Å²) >= 11 is 5.85. The first-order chi connectivity index (χ1) is 12.7. The van der Waals surface area contributed by atoms with Gasteiger partial charge in [-0.1, -0.05) is 54.1 Å². The molecule has 2 N–H and O–H groups in total. The molecule has 0 bridgehead atoms. The summed E-state index contributed by atoms with van der Waals surface area (Å²) in [7, 11) is 0. The molecule has 0 aliphatic rings. The lowest BCUT2D eigenvalue weighted by molar-refractivity contribution is -0.114. The van der Waals surface area contributed by atoms with Gasteiger partial charge in [0.2, 0.25) is 5.91 Å². The SMILES string of the molecule is O=C(CNc1ccc(Cl)cc1)Nc1ccccc1OCc1ccccc1. The van der Waals surface area contributed by atoms with E-state index in [2.05, 4.69) is 10.6 Å². The molecule has 132 valence electrons. The number of carbonyl (C=O) groups excluding carboxylic acids is 1. The van der Waals surface area contributed by atoms with Crippen molar-refractivity contribution >= 4 is 28.9 Å². The van der Waals surface area contributed by atoms with Gasteiger partial charge in [0.1, 0.15) is 12.4 Å². The van der Waals surface area contributed by atoms with Crippen LogP contribution in [0, 0.1) is 0 Å². The average Bonchev–Trinajstić information content (AvgIpc) is 2.68. The second-order valence-corrected chi connectivity index (χ2v) is 6.12. The van der Waals surface area contributed by atoms with Gasteiger partial charge in [-0.25, -0.2) is 0 Å². The van der Waals surface area contributed by atoms with Crippen molar-refractivity contribution in [2.75, 3.05) is 17.2 Å². The topological polar surface area (TPSA) is 50.4 Å². The molecule has 4 nitrogen and oxygen atoms in total. The largest absolute Gasteiger partial charge is 0.487 e. The second-order valence-electron chi connectivity index (χ2n) is 5.68. The Morgan fingerprint density at radius 1 is 0.885 bits per heavy atom. The van der Waals surface area contributed by atoms with Crippen LogP contribution in [0.3, 0.4) is 0 Å². The van der Waals surface area contributed by atoms with Gasteiger partial charge in [0.05, 0.1) is 12.2 Å². The van der Waals surface area contributed by atoms with E-state index in [1.807, 2.05) is 66.7 Å². The summed E-state index contributed by atoms with van der Waals surface area (Å²) < 4.78 is 5.85. The third-order valence-corrected chi connectivity index (χ3v) is 3.95. The zero-order valence-corrected chi connectivity index (χ0v) is 14.9. The Balaban J connectivity index is 1.56. The molecule has 5 heteroatoms. The van der Waals surface area contributed by atoms with E-state index in [4.69, 9.17) is 16.3 Å². The summed E-state index contributed by atoms with van der Waals surface area (Å²) in [5.74, 6) is 0.479. The van der Waals surface area contributed by atoms with Crippen LogP contribution in [0.2, 0.25) is 5.02 Å². The van der Waals surface area contributed by atoms with Crippen LogP contribution in [0.4, 0.5) is 11.4 Å². The molecule has 0 unspecified atom stereocenters. The first-order valence-corrected chi connectivity index (χ1v) is 8.63. The number of nitrogens with one attached hydrogen (secondary N) is 2. The highest BCUT2D eigenvalue weighted by Gasteiger charge is 2.08. The quantitative estimate of drug-likeness (QED) is 0.620. The average molecular weight is 367 g/mol. The molecule has 3 aromatic rings. The Bertz CT molecular complexity index is 851. The van der Waals surface area contributed by atoms with Crippen LogP contribution < -0.4 is 15.4 Å². The summed E-state index contributed by atoms with van der Waals surface area (Å²) in [6, 6.07) is 24.5. The molecule has 26 heavy (non-hydrogen) atoms. The minimum Gasteiger partial charge on any atom is -0.487 e. The molecule has 0 fully saturated rings. The summed E-state index contributed by atoms with van der Waals surface area (Å²) in [6.45, 7) is 0.589. The Hall–Kier alpha value is -2.98. The maximum absolute atomic E-state index is 12.2. The zero-order valence-electron chi connectivity index (χ0n) is 14.1. The van der Waals surface area contributed by atoms with Crippen LogP contribution in [0.1, 0.15) is 5.56 Å². The van der Waals surface area contributed by atoms with E-state index in [1.54, 1.807) is 12.1 Å². The third-order valence-electron chi connectivity index (χ3n) is 3.70. The molecule has 3 aromatic carbocycles. The number of anilines is 2. The van der Waals surface area contributed by atoms with Gasteiger partial charge in [-0.15, -0.1) is 0 Å². The van der Waals surface area contributed by atoms with Crippen molar-refractivity contribution in [3.05, 3.63) is 89.4 Å². The van der Waals surface area contributed by atoms with Crippen molar-refractivity contribution in [3.63, 3.8) is 0 Å². The number of halogens is 1. The monoisotopic (exact) mass is 366 g/mol. The van der Waals surface area contributed by atoms with Crippen molar-refractivity contribution in [3.8, 4) is 5.75 Å². The predicted molar refractivity (Wildman–Crippen MR) is 106 cm³/mol. The molecular formula is C21H19ClN2O2. The van der Waals surface area contributed by atoms with Crippen molar-refractivity contribution in [1.82, 2.24) is 0 Å². The highest BCUT2D eigenvalue weighted by molar-refractivity contribution is 6.30. The second kappa shape index (κ2) is 8.92. The van der Waals surface area contributed by atoms with Gasteiger partial charge in [0, 0.05) is 10.7 Å². The van der Waals surface area contributed by atoms with E-state index >= 15 is 0 Å². The van der Waals surface area contributed by atoms with Gasteiger partial charge in [-0.3, -0.25) is 4.79 Å². The van der Waals surface area contributed by atoms with E-state index in [0.717, 1.165) is 11.3 Å². The fourth-order valence-electron chi connectivity index (χ4n) is 2.38. The van der Waals surface area contributed by atoms with Gasteiger partial charge in [0.25, 0.3) is 0 Å². The molecular weight excluding hydrogens is 348 g/mol. The Kier molecular flexibility index (Phi) is 6.12. The van der Waals surface area contributed by atoms with Gasteiger partial charge < -0.3 is 15.4 Å². The van der Waals surface area contributed by atoms with E-state index in [-0.39, 0.29) is 12.5 Å². The van der Waals surface area contributed by atoms with Gasteiger partial charge >= 0.3 is 0 Å². The summed E-state index contributed by atoms with van der Waals surface area (Å²) in [5.41, 5.74) is 2.54. The van der Waals surface area contributed by atoms with Crippen molar-refractivity contribution in [1.29, 1.82) is 0 Å². The molecule has 0 radical (unpaired) electrons. The van der Waals surface area contributed by atoms with E-state index < -0.39 is 0 Å². The van der Waals surface area contributed by atoms with Crippen LogP contribution in [-0.4, -0.2) is 12.5 Å². The minimum absolute atomic E-state index is 0.147. The third kappa shape index (κ3) is 5.26. The van der Waals surface area contributed by atoms with Gasteiger partial charge in [0.15, 0.2) is 0 Å². The number of para-hydroxylation sites is 2. The fourth-order valence-corrected chi connectivity index (χ4v) is 2.50. The van der Waals surface area contributed by atoms with Crippen molar-refractivity contribution < 1.29 is 9.53 Å². The van der Waals surface area contributed by atoms with Gasteiger partial charge in [-0.2, -0.15) is 0 Å². The number of carbonyl (C=O) groups is 1. The van der Waals surface area contributed by atoms with E-state index in [1.165, 1.54) is 0 Å². The molecule has 0 spiro atoms. The Labute approximate surface area is 157 Å². The molecule has 1 amide bonds. The van der Waals surface area contributed by atoms with Crippen LogP contribution in [-0.2, 0) is 11.4 Å². The number of benzene rings is 3. The maximum Gasteiger partial charge on any atom is 0.243 e. The van der Waals surface area contributed by atoms with Crippen LogP contribution in [0.5, 0.6) is 5.75 Å². The predicted octanol–water partition coefficient (Wildman–Crippen LogP) is 4.97. The maximum atomic E-state index is 12.2. The number of hydrogen-bond acceptors (Lipinski definition) is 3. The first kappa shape index (κ1) is 17.8. The molecule has 0 heterocycles. The van der Waals surface area contributed by atoms with E-state index in [0.29, 0.717) is 23.1 Å². The lowest BCUT2D eigenvalue weighted by atomic mass is 10.2. The van der Waals surface area contributed by atoms with Crippen LogP contribution >= 0.6 is 11.6 Å². The number of rotatable bonds is 7. The van der Waals surface area contributed by atoms with Crippen molar-refractivity contribution in [2.24, 2.45) is 0 Å². The summed E-state index contributed by atoms with van der Waals surface area (Å²) in [6.07, 6.45) is 0. The molecule has 0 saturated carbocycles. The number of hydrogen-bond donors (Lipinski definition) is 2. The smallest absolute Gasteiger partial charge is 0.243 e. The normalized spacial score (nSPS) is 10.2. The van der Waals surface area contributed by atoms with Crippen molar-refractivity contribution in [2.45, 2.75) is 6.61 Å². The molecule has 0 aliphatic heterocycles. The van der Waals surface area contributed by atoms with Crippen LogP contribution in [0.15, 0.2) is 78.9 Å². The highest BCUT2D eigenvalue weighted by Crippen LogP contribution is 2.24. The number of ether oxygens (including phenoxy) is 1. The number of amides is 1. The minimum atomic E-state index is -0.157. The molecule has 3 rings (SSSR count). The van der Waals surface area contributed by atoms with E-state index in [9.17, 15) is 4.79 Å². The summed E-state index contributed by atoms with van der Waals surface area (Å²) in [5, 5.41) is 6.59. The lowest BCUT2D eigenvalue weighted by Crippen LogP contribution is -2.22. The summed E-state index contributed by atoms with van der Waals surface area (Å²) in [4.78, 5) is 12.2. The Morgan fingerprint density at radius 3 is 2.35 bits per heavy atom. The molecule has 0 saturated heterocycles. The molecule has 0 atom stereocenters.